The molecule has 0 atom stereocenters. The van der Waals surface area contributed by atoms with Gasteiger partial charge in [-0.3, -0.25) is 9.69 Å². The first-order valence-electron chi connectivity index (χ1n) is 8.64. The van der Waals surface area contributed by atoms with Crippen LogP contribution in [0.2, 0.25) is 0 Å². The Labute approximate surface area is 154 Å². The van der Waals surface area contributed by atoms with Crippen LogP contribution in [0.1, 0.15) is 24.2 Å². The minimum Gasteiger partial charge on any atom is -0.495 e. The molecule has 1 aliphatic rings. The van der Waals surface area contributed by atoms with Crippen LogP contribution in [0.25, 0.3) is 0 Å². The molecule has 0 unspecified atom stereocenters. The zero-order chi connectivity index (χ0) is 19.2. The quantitative estimate of drug-likeness (QED) is 0.707. The summed E-state index contributed by atoms with van der Waals surface area (Å²) in [5.74, 6) is 0.252. The summed E-state index contributed by atoms with van der Waals surface area (Å²) in [6.07, 6.45) is 0. The molecule has 0 aromatic heterocycles. The summed E-state index contributed by atoms with van der Waals surface area (Å²) in [5.41, 5.74) is 0.456. The molecule has 8 nitrogen and oxygen atoms in total. The van der Waals surface area contributed by atoms with E-state index in [1.54, 1.807) is 25.2 Å². The van der Waals surface area contributed by atoms with E-state index in [0.717, 1.165) is 19.6 Å². The molecule has 0 aliphatic carbocycles. The van der Waals surface area contributed by atoms with Crippen LogP contribution in [0.15, 0.2) is 18.2 Å². The van der Waals surface area contributed by atoms with Gasteiger partial charge in [-0.2, -0.15) is 0 Å². The summed E-state index contributed by atoms with van der Waals surface area (Å²) in [6, 6.07) is 4.53. The van der Waals surface area contributed by atoms with Gasteiger partial charge >= 0.3 is 6.03 Å². The Kier molecular flexibility index (Phi) is 6.82. The van der Waals surface area contributed by atoms with Crippen molar-refractivity contribution in [2.24, 2.45) is 0 Å². The average molecular weight is 364 g/mol. The van der Waals surface area contributed by atoms with Crippen LogP contribution in [0.4, 0.5) is 10.5 Å². The molecule has 144 valence electrons. The molecule has 26 heavy (non-hydrogen) atoms. The molecule has 1 aromatic carbocycles. The Balaban J connectivity index is 2.02. The van der Waals surface area contributed by atoms with Crippen LogP contribution in [0, 0.1) is 0 Å². The van der Waals surface area contributed by atoms with Crippen molar-refractivity contribution in [2.45, 2.75) is 19.4 Å². The number of urea groups is 1. The molecule has 3 amide bonds. The highest BCUT2D eigenvalue weighted by Gasteiger charge is 2.25. The van der Waals surface area contributed by atoms with Crippen molar-refractivity contribution < 1.29 is 19.1 Å². The fourth-order valence-electron chi connectivity index (χ4n) is 2.91. The predicted octanol–water partition coefficient (Wildman–Crippen LogP) is 1.29. The van der Waals surface area contributed by atoms with Gasteiger partial charge in [0.1, 0.15) is 5.75 Å². The molecule has 1 saturated heterocycles. The molecular formula is C18H28N4O4. The second-order valence-electron chi connectivity index (χ2n) is 6.85. The fourth-order valence-corrected chi connectivity index (χ4v) is 2.91. The zero-order valence-electron chi connectivity index (χ0n) is 15.8. The van der Waals surface area contributed by atoms with Gasteiger partial charge in [0.25, 0.3) is 5.91 Å². The monoisotopic (exact) mass is 364 g/mol. The first-order chi connectivity index (χ1) is 12.3. The molecule has 1 aliphatic heterocycles. The Bertz CT molecular complexity index is 642. The van der Waals surface area contributed by atoms with E-state index < -0.39 is 5.54 Å². The number of anilines is 1. The number of hydrogen-bond donors (Lipinski definition) is 3. The molecule has 0 saturated carbocycles. The maximum atomic E-state index is 12.5. The van der Waals surface area contributed by atoms with E-state index in [9.17, 15) is 9.59 Å². The number of methoxy groups -OCH3 is 1. The Hall–Kier alpha value is -2.32. The van der Waals surface area contributed by atoms with Crippen molar-refractivity contribution in [3.63, 3.8) is 0 Å². The maximum Gasteiger partial charge on any atom is 0.319 e. The van der Waals surface area contributed by atoms with E-state index in [0.29, 0.717) is 30.2 Å². The molecule has 1 aromatic rings. The molecule has 8 heteroatoms. The van der Waals surface area contributed by atoms with Crippen molar-refractivity contribution in [3.05, 3.63) is 23.8 Å². The number of hydrogen-bond acceptors (Lipinski definition) is 5. The number of ether oxygens (including phenoxy) is 2. The van der Waals surface area contributed by atoms with Crippen molar-refractivity contribution >= 4 is 17.6 Å². The molecule has 0 radical (unpaired) electrons. The Morgan fingerprint density at radius 3 is 2.58 bits per heavy atom. The van der Waals surface area contributed by atoms with Gasteiger partial charge in [0.15, 0.2) is 0 Å². The van der Waals surface area contributed by atoms with Gasteiger partial charge in [0.05, 0.1) is 26.0 Å². The highest BCUT2D eigenvalue weighted by atomic mass is 16.5. The number of benzene rings is 1. The second kappa shape index (κ2) is 8.86. The van der Waals surface area contributed by atoms with Gasteiger partial charge < -0.3 is 25.4 Å². The topological polar surface area (TPSA) is 91.9 Å². The molecule has 0 spiro atoms. The lowest BCUT2D eigenvalue weighted by Gasteiger charge is -2.35. The number of carbonyl (C=O) groups excluding carboxylic acids is 2. The third-order valence-electron chi connectivity index (χ3n) is 4.11. The number of morpholine rings is 1. The van der Waals surface area contributed by atoms with E-state index in [4.69, 9.17) is 9.47 Å². The van der Waals surface area contributed by atoms with E-state index in [2.05, 4.69) is 20.9 Å². The largest absolute Gasteiger partial charge is 0.495 e. The van der Waals surface area contributed by atoms with Crippen LogP contribution in [-0.2, 0) is 4.74 Å². The highest BCUT2D eigenvalue weighted by molar-refractivity contribution is 5.98. The van der Waals surface area contributed by atoms with E-state index in [1.807, 2.05) is 13.8 Å². The zero-order valence-corrected chi connectivity index (χ0v) is 15.8. The summed E-state index contributed by atoms with van der Waals surface area (Å²) in [5, 5.41) is 8.31. The summed E-state index contributed by atoms with van der Waals surface area (Å²) in [7, 11) is 3.07. The number of carbonyl (C=O) groups is 2. The lowest BCUT2D eigenvalue weighted by molar-refractivity contribution is 0.0282. The SMILES string of the molecule is CNC(=O)c1ccc(OC)c(NC(=O)NC(C)(C)CN2CCOCC2)c1. The number of nitrogens with one attached hydrogen (secondary N) is 3. The standard InChI is InChI=1S/C18H28N4O4/c1-18(2,12-22-7-9-26-10-8-22)21-17(24)20-14-11-13(16(23)19-3)5-6-15(14)25-4/h5-6,11H,7-10,12H2,1-4H3,(H,19,23)(H2,20,21,24). The molecule has 0 bridgehead atoms. The Morgan fingerprint density at radius 2 is 1.96 bits per heavy atom. The van der Waals surface area contributed by atoms with Crippen molar-refractivity contribution in [3.8, 4) is 5.75 Å². The number of amides is 3. The van der Waals surface area contributed by atoms with Crippen molar-refractivity contribution in [1.29, 1.82) is 0 Å². The molecule has 1 heterocycles. The minimum absolute atomic E-state index is 0.233. The highest BCUT2D eigenvalue weighted by Crippen LogP contribution is 2.25. The predicted molar refractivity (Wildman–Crippen MR) is 99.9 cm³/mol. The smallest absolute Gasteiger partial charge is 0.319 e. The Morgan fingerprint density at radius 1 is 1.27 bits per heavy atom. The summed E-state index contributed by atoms with van der Waals surface area (Å²) in [4.78, 5) is 26.5. The lowest BCUT2D eigenvalue weighted by Crippen LogP contribution is -2.54. The van der Waals surface area contributed by atoms with E-state index in [-0.39, 0.29) is 11.9 Å². The fraction of sp³-hybridized carbons (Fsp3) is 0.556. The van der Waals surface area contributed by atoms with Gasteiger partial charge in [-0.15, -0.1) is 0 Å². The van der Waals surface area contributed by atoms with Gasteiger partial charge in [0, 0.05) is 37.8 Å². The van der Waals surface area contributed by atoms with Crippen LogP contribution in [0.3, 0.4) is 0 Å². The van der Waals surface area contributed by atoms with E-state index in [1.165, 1.54) is 7.11 Å². The maximum absolute atomic E-state index is 12.5. The van der Waals surface area contributed by atoms with Crippen LogP contribution < -0.4 is 20.7 Å². The molecular weight excluding hydrogens is 336 g/mol. The number of nitrogens with zero attached hydrogens (tertiary/aromatic N) is 1. The molecule has 3 N–H and O–H groups in total. The lowest BCUT2D eigenvalue weighted by atomic mass is 10.0. The van der Waals surface area contributed by atoms with E-state index >= 15 is 0 Å². The van der Waals surface area contributed by atoms with Crippen LogP contribution >= 0.6 is 0 Å². The summed E-state index contributed by atoms with van der Waals surface area (Å²) < 4.78 is 10.6. The average Bonchev–Trinajstić information content (AvgIpc) is 2.60. The number of rotatable bonds is 6. The van der Waals surface area contributed by atoms with Gasteiger partial charge in [-0.25, -0.2) is 4.79 Å². The van der Waals surface area contributed by atoms with Gasteiger partial charge in [-0.05, 0) is 32.0 Å². The summed E-state index contributed by atoms with van der Waals surface area (Å²) >= 11 is 0. The first kappa shape index (κ1) is 20.0. The van der Waals surface area contributed by atoms with Crippen LogP contribution in [0.5, 0.6) is 5.75 Å². The molecule has 2 rings (SSSR count). The normalized spacial score (nSPS) is 15.2. The first-order valence-corrected chi connectivity index (χ1v) is 8.64. The van der Waals surface area contributed by atoms with Crippen LogP contribution in [-0.4, -0.2) is 69.4 Å². The minimum atomic E-state index is -0.424. The summed E-state index contributed by atoms with van der Waals surface area (Å²) in [6.45, 7) is 7.81. The second-order valence-corrected chi connectivity index (χ2v) is 6.85. The van der Waals surface area contributed by atoms with Crippen molar-refractivity contribution in [1.82, 2.24) is 15.5 Å². The third kappa shape index (κ3) is 5.60. The van der Waals surface area contributed by atoms with Gasteiger partial charge in [0.2, 0.25) is 0 Å². The van der Waals surface area contributed by atoms with Gasteiger partial charge in [-0.1, -0.05) is 0 Å². The van der Waals surface area contributed by atoms with Crippen molar-refractivity contribution in [2.75, 3.05) is 52.3 Å². The molecule has 1 fully saturated rings. The third-order valence-corrected chi connectivity index (χ3v) is 4.11.